The van der Waals surface area contributed by atoms with Crippen LogP contribution in [-0.2, 0) is 13.2 Å². The lowest BCUT2D eigenvalue weighted by molar-refractivity contribution is 0.0691. The highest BCUT2D eigenvalue weighted by Gasteiger charge is 2.13. The van der Waals surface area contributed by atoms with Crippen molar-refractivity contribution in [3.8, 4) is 17.2 Å². The van der Waals surface area contributed by atoms with Crippen molar-refractivity contribution in [3.05, 3.63) is 95.7 Å². The van der Waals surface area contributed by atoms with Gasteiger partial charge in [-0.1, -0.05) is 36.4 Å². The summed E-state index contributed by atoms with van der Waals surface area (Å²) < 4.78 is 16.8. The van der Waals surface area contributed by atoms with E-state index in [1.807, 2.05) is 60.7 Å². The predicted molar refractivity (Wildman–Crippen MR) is 117 cm³/mol. The number of para-hydroxylation sites is 1. The molecule has 0 aliphatic carbocycles. The van der Waals surface area contributed by atoms with Crippen molar-refractivity contribution in [2.75, 3.05) is 7.11 Å². The zero-order valence-electron chi connectivity index (χ0n) is 16.9. The van der Waals surface area contributed by atoms with Gasteiger partial charge < -0.3 is 19.3 Å². The molecule has 0 aliphatic heterocycles. The van der Waals surface area contributed by atoms with Gasteiger partial charge in [0.15, 0.2) is 0 Å². The standard InChI is InChI=1S/C25H21NO5/c1-29-20-11-12-22(25(27)28)24(14-20)31-15-17-5-4-7-21(13-17)30-16-19-10-9-18-6-2-3-8-23(18)26-19/h2-14H,15-16H2,1H3,(H,27,28). The minimum absolute atomic E-state index is 0.0792. The Morgan fingerprint density at radius 3 is 2.58 bits per heavy atom. The van der Waals surface area contributed by atoms with Gasteiger partial charge in [-0.25, -0.2) is 9.78 Å². The second-order valence-corrected chi connectivity index (χ2v) is 6.89. The number of carboxylic acids is 1. The van der Waals surface area contributed by atoms with Crippen molar-refractivity contribution in [2.24, 2.45) is 0 Å². The number of hydrogen-bond acceptors (Lipinski definition) is 5. The van der Waals surface area contributed by atoms with Crippen LogP contribution in [0.15, 0.2) is 78.9 Å². The molecule has 4 aromatic rings. The zero-order valence-corrected chi connectivity index (χ0v) is 16.9. The van der Waals surface area contributed by atoms with Crippen molar-refractivity contribution < 1.29 is 24.1 Å². The van der Waals surface area contributed by atoms with Crippen molar-refractivity contribution in [2.45, 2.75) is 13.2 Å². The normalized spacial score (nSPS) is 10.6. The average molecular weight is 415 g/mol. The molecule has 0 atom stereocenters. The first kappa shape index (κ1) is 20.2. The van der Waals surface area contributed by atoms with Crippen LogP contribution in [0, 0.1) is 0 Å². The maximum absolute atomic E-state index is 11.4. The number of rotatable bonds is 8. The van der Waals surface area contributed by atoms with Gasteiger partial charge >= 0.3 is 5.97 Å². The maximum atomic E-state index is 11.4. The predicted octanol–water partition coefficient (Wildman–Crippen LogP) is 5.10. The molecular formula is C25H21NO5. The Kier molecular flexibility index (Phi) is 5.98. The molecule has 0 saturated heterocycles. The van der Waals surface area contributed by atoms with Gasteiger partial charge in [0.2, 0.25) is 0 Å². The Hall–Kier alpha value is -4.06. The minimum atomic E-state index is -1.06. The van der Waals surface area contributed by atoms with Gasteiger partial charge in [-0.3, -0.25) is 0 Å². The second-order valence-electron chi connectivity index (χ2n) is 6.89. The van der Waals surface area contributed by atoms with E-state index in [0.29, 0.717) is 18.1 Å². The number of carboxylic acid groups (broad SMARTS) is 1. The molecule has 1 aromatic heterocycles. The number of nitrogens with zero attached hydrogens (tertiary/aromatic N) is 1. The molecule has 0 fully saturated rings. The number of hydrogen-bond donors (Lipinski definition) is 1. The Morgan fingerprint density at radius 2 is 1.74 bits per heavy atom. The number of pyridine rings is 1. The largest absolute Gasteiger partial charge is 0.497 e. The second kappa shape index (κ2) is 9.17. The van der Waals surface area contributed by atoms with Gasteiger partial charge in [-0.2, -0.15) is 0 Å². The molecule has 3 aromatic carbocycles. The third-order valence-corrected chi connectivity index (χ3v) is 4.75. The molecule has 0 unspecified atom stereocenters. The molecule has 0 bridgehead atoms. The Labute approximate surface area is 179 Å². The SMILES string of the molecule is COc1ccc(C(=O)O)c(OCc2cccc(OCc3ccc4ccccc4n3)c2)c1. The fraction of sp³-hybridized carbons (Fsp3) is 0.120. The summed E-state index contributed by atoms with van der Waals surface area (Å²) in [4.78, 5) is 16.1. The van der Waals surface area contributed by atoms with Crippen LogP contribution < -0.4 is 14.2 Å². The molecule has 1 heterocycles. The number of aromatic nitrogens is 1. The lowest BCUT2D eigenvalue weighted by Gasteiger charge is -2.12. The van der Waals surface area contributed by atoms with E-state index in [4.69, 9.17) is 14.2 Å². The van der Waals surface area contributed by atoms with Gasteiger partial charge in [0.1, 0.15) is 36.0 Å². The van der Waals surface area contributed by atoms with Crippen LogP contribution in [-0.4, -0.2) is 23.2 Å². The summed E-state index contributed by atoms with van der Waals surface area (Å²) in [6, 6.07) is 24.0. The molecule has 31 heavy (non-hydrogen) atoms. The molecular weight excluding hydrogens is 394 g/mol. The van der Waals surface area contributed by atoms with E-state index < -0.39 is 5.97 Å². The topological polar surface area (TPSA) is 77.9 Å². The number of fused-ring (bicyclic) bond motifs is 1. The zero-order chi connectivity index (χ0) is 21.6. The van der Waals surface area contributed by atoms with E-state index >= 15 is 0 Å². The first-order valence-corrected chi connectivity index (χ1v) is 9.73. The fourth-order valence-electron chi connectivity index (χ4n) is 3.16. The molecule has 156 valence electrons. The van der Waals surface area contributed by atoms with Crippen LogP contribution >= 0.6 is 0 Å². The number of ether oxygens (including phenoxy) is 3. The van der Waals surface area contributed by atoms with E-state index in [-0.39, 0.29) is 17.9 Å². The van der Waals surface area contributed by atoms with Crippen LogP contribution in [0.4, 0.5) is 0 Å². The maximum Gasteiger partial charge on any atom is 0.339 e. The Morgan fingerprint density at radius 1 is 0.871 bits per heavy atom. The third kappa shape index (κ3) is 4.93. The summed E-state index contributed by atoms with van der Waals surface area (Å²) >= 11 is 0. The molecule has 0 radical (unpaired) electrons. The first-order chi connectivity index (χ1) is 15.1. The molecule has 1 N–H and O–H groups in total. The van der Waals surface area contributed by atoms with E-state index in [2.05, 4.69) is 4.98 Å². The molecule has 0 spiro atoms. The van der Waals surface area contributed by atoms with Gasteiger partial charge in [0.25, 0.3) is 0 Å². The smallest absolute Gasteiger partial charge is 0.339 e. The quantitative estimate of drug-likeness (QED) is 0.431. The van der Waals surface area contributed by atoms with Crippen molar-refractivity contribution in [3.63, 3.8) is 0 Å². The van der Waals surface area contributed by atoms with Crippen LogP contribution in [0.25, 0.3) is 10.9 Å². The molecule has 4 rings (SSSR count). The summed E-state index contributed by atoms with van der Waals surface area (Å²) in [5.41, 5.74) is 2.69. The summed E-state index contributed by atoms with van der Waals surface area (Å²) in [6.07, 6.45) is 0. The van der Waals surface area contributed by atoms with Gasteiger partial charge in [-0.15, -0.1) is 0 Å². The van der Waals surface area contributed by atoms with E-state index in [9.17, 15) is 9.90 Å². The lowest BCUT2D eigenvalue weighted by Crippen LogP contribution is -2.04. The van der Waals surface area contributed by atoms with Crippen molar-refractivity contribution in [1.29, 1.82) is 0 Å². The molecule has 0 saturated carbocycles. The minimum Gasteiger partial charge on any atom is -0.497 e. The summed E-state index contributed by atoms with van der Waals surface area (Å²) in [7, 11) is 1.52. The van der Waals surface area contributed by atoms with E-state index in [1.165, 1.54) is 13.2 Å². The number of benzene rings is 3. The Bertz CT molecular complexity index is 1220. The van der Waals surface area contributed by atoms with Crippen molar-refractivity contribution in [1.82, 2.24) is 4.98 Å². The highest BCUT2D eigenvalue weighted by molar-refractivity contribution is 5.91. The average Bonchev–Trinajstić information content (AvgIpc) is 2.81. The highest BCUT2D eigenvalue weighted by Crippen LogP contribution is 2.26. The van der Waals surface area contributed by atoms with Gasteiger partial charge in [0, 0.05) is 11.5 Å². The molecule has 0 aliphatic rings. The van der Waals surface area contributed by atoms with Crippen LogP contribution in [0.1, 0.15) is 21.6 Å². The lowest BCUT2D eigenvalue weighted by atomic mass is 10.2. The third-order valence-electron chi connectivity index (χ3n) is 4.75. The highest BCUT2D eigenvalue weighted by atomic mass is 16.5. The van der Waals surface area contributed by atoms with Gasteiger partial charge in [0.05, 0.1) is 18.3 Å². The van der Waals surface area contributed by atoms with Gasteiger partial charge in [-0.05, 0) is 42.0 Å². The summed E-state index contributed by atoms with van der Waals surface area (Å²) in [6.45, 7) is 0.535. The number of carbonyl (C=O) groups is 1. The number of aromatic carboxylic acids is 1. The molecule has 0 amide bonds. The van der Waals surface area contributed by atoms with Crippen molar-refractivity contribution >= 4 is 16.9 Å². The summed E-state index contributed by atoms with van der Waals surface area (Å²) in [5, 5.41) is 10.5. The number of methoxy groups -OCH3 is 1. The van der Waals surface area contributed by atoms with E-state index in [1.54, 1.807) is 12.1 Å². The van der Waals surface area contributed by atoms with Crippen LogP contribution in [0.2, 0.25) is 0 Å². The molecule has 6 nitrogen and oxygen atoms in total. The Balaban J connectivity index is 1.43. The van der Waals surface area contributed by atoms with Crippen LogP contribution in [0.3, 0.4) is 0 Å². The van der Waals surface area contributed by atoms with E-state index in [0.717, 1.165) is 22.2 Å². The van der Waals surface area contributed by atoms with Crippen LogP contribution in [0.5, 0.6) is 17.2 Å². The fourth-order valence-corrected chi connectivity index (χ4v) is 3.16. The monoisotopic (exact) mass is 415 g/mol. The first-order valence-electron chi connectivity index (χ1n) is 9.73. The summed E-state index contributed by atoms with van der Waals surface area (Å²) in [5.74, 6) is 0.399. The molecule has 6 heteroatoms.